The largest absolute Gasteiger partial charge is 0.278 e. The number of benzene rings is 1. The van der Waals surface area contributed by atoms with Crippen molar-refractivity contribution < 1.29 is 13.6 Å². The van der Waals surface area contributed by atoms with Gasteiger partial charge < -0.3 is 0 Å². The summed E-state index contributed by atoms with van der Waals surface area (Å²) in [6.45, 7) is 3.98. The molecule has 0 N–H and O–H groups in total. The highest BCUT2D eigenvalue weighted by Crippen LogP contribution is 2.29. The fourth-order valence-corrected chi connectivity index (χ4v) is 3.31. The summed E-state index contributed by atoms with van der Waals surface area (Å²) in [4.78, 5) is 15.7. The number of imidazole rings is 1. The zero-order valence-corrected chi connectivity index (χ0v) is 12.7. The summed E-state index contributed by atoms with van der Waals surface area (Å²) < 4.78 is 27.7. The maximum absolute atomic E-state index is 13.1. The van der Waals surface area contributed by atoms with Gasteiger partial charge in [0.15, 0.2) is 0 Å². The standard InChI is InChI=1S/C15H16F2N2OS/c1-15(2,14-18-4-5-19(14)10-20)3-6-21-13-8-11(16)7-12(17)9-13/h4-5,7-10H,3,6H2,1-2H3. The molecule has 2 rings (SSSR count). The number of nitrogens with zero attached hydrogens (tertiary/aromatic N) is 2. The van der Waals surface area contributed by atoms with E-state index in [4.69, 9.17) is 0 Å². The predicted octanol–water partition coefficient (Wildman–Crippen LogP) is 3.66. The number of hydrogen-bond donors (Lipinski definition) is 0. The van der Waals surface area contributed by atoms with E-state index < -0.39 is 11.6 Å². The van der Waals surface area contributed by atoms with E-state index in [1.165, 1.54) is 28.5 Å². The zero-order valence-electron chi connectivity index (χ0n) is 11.8. The van der Waals surface area contributed by atoms with Gasteiger partial charge in [0, 0.05) is 28.8 Å². The van der Waals surface area contributed by atoms with Crippen LogP contribution in [0.2, 0.25) is 0 Å². The molecule has 0 aliphatic rings. The van der Waals surface area contributed by atoms with E-state index in [1.54, 1.807) is 12.4 Å². The molecule has 2 aromatic rings. The highest BCUT2D eigenvalue weighted by molar-refractivity contribution is 7.99. The molecule has 0 fully saturated rings. The van der Waals surface area contributed by atoms with Crippen LogP contribution in [0.5, 0.6) is 0 Å². The Hall–Kier alpha value is -1.69. The normalized spacial score (nSPS) is 11.6. The van der Waals surface area contributed by atoms with Gasteiger partial charge >= 0.3 is 0 Å². The van der Waals surface area contributed by atoms with Gasteiger partial charge in [-0.05, 0) is 24.3 Å². The number of hydrogen-bond acceptors (Lipinski definition) is 3. The van der Waals surface area contributed by atoms with Crippen LogP contribution in [0.4, 0.5) is 8.78 Å². The summed E-state index contributed by atoms with van der Waals surface area (Å²) >= 11 is 1.38. The number of thioether (sulfide) groups is 1. The van der Waals surface area contributed by atoms with Crippen molar-refractivity contribution in [2.24, 2.45) is 0 Å². The maximum atomic E-state index is 13.1. The van der Waals surface area contributed by atoms with Gasteiger partial charge in [0.2, 0.25) is 6.41 Å². The number of halogens is 2. The third-order valence-electron chi connectivity index (χ3n) is 3.22. The van der Waals surface area contributed by atoms with Crippen molar-refractivity contribution in [1.82, 2.24) is 9.55 Å². The molecule has 0 unspecified atom stereocenters. The van der Waals surface area contributed by atoms with E-state index in [2.05, 4.69) is 4.98 Å². The minimum atomic E-state index is -0.576. The lowest BCUT2D eigenvalue weighted by atomic mass is 9.89. The first kappa shape index (κ1) is 15.7. The smallest absolute Gasteiger partial charge is 0.219 e. The predicted molar refractivity (Wildman–Crippen MR) is 79.1 cm³/mol. The van der Waals surface area contributed by atoms with Gasteiger partial charge in [0.1, 0.15) is 17.5 Å². The number of carbonyl (C=O) groups is 1. The van der Waals surface area contributed by atoms with Crippen molar-refractivity contribution in [1.29, 1.82) is 0 Å². The molecule has 112 valence electrons. The van der Waals surface area contributed by atoms with Crippen LogP contribution >= 0.6 is 11.8 Å². The SMILES string of the molecule is CC(C)(CCSc1cc(F)cc(F)c1)c1nccn1C=O. The summed E-state index contributed by atoms with van der Waals surface area (Å²) in [7, 11) is 0. The van der Waals surface area contributed by atoms with Crippen LogP contribution < -0.4 is 0 Å². The Bertz CT molecular complexity index is 620. The maximum Gasteiger partial charge on any atom is 0.219 e. The molecule has 0 saturated carbocycles. The van der Waals surface area contributed by atoms with E-state index in [9.17, 15) is 13.6 Å². The topological polar surface area (TPSA) is 34.9 Å². The molecule has 0 radical (unpaired) electrons. The summed E-state index contributed by atoms with van der Waals surface area (Å²) in [6.07, 6.45) is 4.64. The van der Waals surface area contributed by atoms with Crippen molar-refractivity contribution in [2.45, 2.75) is 30.6 Å². The Morgan fingerprint density at radius 3 is 2.57 bits per heavy atom. The number of aromatic nitrogens is 2. The average molecular weight is 310 g/mol. The average Bonchev–Trinajstić information content (AvgIpc) is 2.86. The Balaban J connectivity index is 2.00. The minimum Gasteiger partial charge on any atom is -0.278 e. The molecule has 0 bridgehead atoms. The van der Waals surface area contributed by atoms with Crippen LogP contribution in [0.1, 0.15) is 26.1 Å². The van der Waals surface area contributed by atoms with Gasteiger partial charge in [-0.2, -0.15) is 0 Å². The van der Waals surface area contributed by atoms with Crippen molar-refractivity contribution in [3.05, 3.63) is 48.1 Å². The third kappa shape index (κ3) is 3.91. The highest BCUT2D eigenvalue weighted by atomic mass is 32.2. The van der Waals surface area contributed by atoms with Crippen molar-refractivity contribution in [3.8, 4) is 0 Å². The van der Waals surface area contributed by atoms with Crippen molar-refractivity contribution >= 4 is 18.2 Å². The molecule has 0 amide bonds. The fraction of sp³-hybridized carbons (Fsp3) is 0.333. The van der Waals surface area contributed by atoms with E-state index in [0.29, 0.717) is 16.5 Å². The second kappa shape index (κ2) is 6.39. The molecule has 0 saturated heterocycles. The van der Waals surface area contributed by atoms with E-state index in [1.807, 2.05) is 13.8 Å². The molecule has 0 atom stereocenters. The summed E-state index contributed by atoms with van der Waals surface area (Å²) in [5.74, 6) is 0.201. The lowest BCUT2D eigenvalue weighted by Crippen LogP contribution is -2.23. The lowest BCUT2D eigenvalue weighted by Gasteiger charge is -2.23. The van der Waals surface area contributed by atoms with Gasteiger partial charge in [-0.1, -0.05) is 13.8 Å². The summed E-state index contributed by atoms with van der Waals surface area (Å²) in [6, 6.07) is 3.48. The van der Waals surface area contributed by atoms with Crippen LogP contribution in [-0.4, -0.2) is 21.7 Å². The molecular formula is C15H16F2N2OS. The Morgan fingerprint density at radius 1 is 1.29 bits per heavy atom. The number of carbonyl (C=O) groups excluding carboxylic acids is 1. The quantitative estimate of drug-likeness (QED) is 0.603. The molecular weight excluding hydrogens is 294 g/mol. The first-order chi connectivity index (χ1) is 9.92. The molecule has 6 heteroatoms. The third-order valence-corrected chi connectivity index (χ3v) is 4.20. The first-order valence-corrected chi connectivity index (χ1v) is 7.48. The van der Waals surface area contributed by atoms with Gasteiger partial charge in [0.05, 0.1) is 0 Å². The van der Waals surface area contributed by atoms with Crippen molar-refractivity contribution in [2.75, 3.05) is 5.75 Å². The Labute approximate surface area is 126 Å². The monoisotopic (exact) mass is 310 g/mol. The minimum absolute atomic E-state index is 0.302. The fourth-order valence-electron chi connectivity index (χ4n) is 2.07. The molecule has 1 aromatic heterocycles. The van der Waals surface area contributed by atoms with Crippen LogP contribution in [-0.2, 0) is 10.2 Å². The van der Waals surface area contributed by atoms with Crippen LogP contribution in [0.15, 0.2) is 35.5 Å². The lowest BCUT2D eigenvalue weighted by molar-refractivity contribution is 0.465. The molecule has 21 heavy (non-hydrogen) atoms. The van der Waals surface area contributed by atoms with Gasteiger partial charge in [0.25, 0.3) is 0 Å². The number of rotatable bonds is 6. The van der Waals surface area contributed by atoms with E-state index in [0.717, 1.165) is 18.9 Å². The van der Waals surface area contributed by atoms with Gasteiger partial charge in [-0.25, -0.2) is 13.8 Å². The summed E-state index contributed by atoms with van der Waals surface area (Å²) in [5.41, 5.74) is -0.302. The van der Waals surface area contributed by atoms with E-state index in [-0.39, 0.29) is 5.41 Å². The molecule has 1 aromatic carbocycles. The van der Waals surface area contributed by atoms with Gasteiger partial charge in [-0.15, -0.1) is 11.8 Å². The zero-order chi connectivity index (χ0) is 15.5. The first-order valence-electron chi connectivity index (χ1n) is 6.50. The molecule has 0 spiro atoms. The van der Waals surface area contributed by atoms with Crippen LogP contribution in [0.25, 0.3) is 0 Å². The van der Waals surface area contributed by atoms with Crippen LogP contribution in [0.3, 0.4) is 0 Å². The van der Waals surface area contributed by atoms with E-state index >= 15 is 0 Å². The van der Waals surface area contributed by atoms with Crippen molar-refractivity contribution in [3.63, 3.8) is 0 Å². The molecule has 3 nitrogen and oxygen atoms in total. The second-order valence-electron chi connectivity index (χ2n) is 5.35. The second-order valence-corrected chi connectivity index (χ2v) is 6.52. The molecule has 0 aliphatic heterocycles. The highest BCUT2D eigenvalue weighted by Gasteiger charge is 2.25. The molecule has 0 aliphatic carbocycles. The Morgan fingerprint density at radius 2 is 1.95 bits per heavy atom. The summed E-state index contributed by atoms with van der Waals surface area (Å²) in [5, 5.41) is 0. The van der Waals surface area contributed by atoms with Gasteiger partial charge in [-0.3, -0.25) is 9.36 Å². The Kier molecular flexibility index (Phi) is 4.77. The molecule has 1 heterocycles. The van der Waals surface area contributed by atoms with Crippen LogP contribution in [0, 0.1) is 11.6 Å².